The summed E-state index contributed by atoms with van der Waals surface area (Å²) in [6.45, 7) is 4.78. The highest BCUT2D eigenvalue weighted by Gasteiger charge is 2.03. The predicted molar refractivity (Wildman–Crippen MR) is 60.7 cm³/mol. The van der Waals surface area contributed by atoms with Gasteiger partial charge in [0.15, 0.2) is 5.82 Å². The Morgan fingerprint density at radius 3 is 2.82 bits per heavy atom. The van der Waals surface area contributed by atoms with Gasteiger partial charge in [-0.3, -0.25) is 0 Å². The lowest BCUT2D eigenvalue weighted by atomic mass is 10.1. The Morgan fingerprint density at radius 1 is 1.29 bits per heavy atom. The van der Waals surface area contributed by atoms with Gasteiger partial charge in [-0.25, -0.2) is 4.39 Å². The molecule has 0 spiro atoms. The highest BCUT2D eigenvalue weighted by molar-refractivity contribution is 5.26. The number of hydrogen-bond acceptors (Lipinski definition) is 4. The van der Waals surface area contributed by atoms with E-state index in [0.29, 0.717) is 24.8 Å². The van der Waals surface area contributed by atoms with E-state index in [1.54, 1.807) is 13.0 Å². The molecule has 0 atom stereocenters. The maximum Gasteiger partial charge on any atom is 0.223 e. The summed E-state index contributed by atoms with van der Waals surface area (Å²) >= 11 is 0. The van der Waals surface area contributed by atoms with Crippen LogP contribution in [0.2, 0.25) is 0 Å². The van der Waals surface area contributed by atoms with Gasteiger partial charge in [0.25, 0.3) is 0 Å². The zero-order chi connectivity index (χ0) is 12.3. The molecule has 0 aliphatic rings. The van der Waals surface area contributed by atoms with Gasteiger partial charge in [-0.1, -0.05) is 11.2 Å². The van der Waals surface area contributed by atoms with Gasteiger partial charge < -0.3 is 9.84 Å². The Morgan fingerprint density at radius 2 is 2.12 bits per heavy atom. The third-order valence-electron chi connectivity index (χ3n) is 2.48. The minimum absolute atomic E-state index is 0.220. The molecule has 90 valence electrons. The molecule has 2 rings (SSSR count). The maximum atomic E-state index is 13.0. The molecule has 1 aromatic heterocycles. The van der Waals surface area contributed by atoms with Gasteiger partial charge in [0, 0.05) is 13.5 Å². The first-order valence-corrected chi connectivity index (χ1v) is 5.40. The lowest BCUT2D eigenvalue weighted by molar-refractivity contribution is 0.385. The molecule has 0 fully saturated rings. The average Bonchev–Trinajstić information content (AvgIpc) is 2.69. The van der Waals surface area contributed by atoms with E-state index in [0.717, 1.165) is 11.1 Å². The van der Waals surface area contributed by atoms with Crippen LogP contribution in [0.4, 0.5) is 4.39 Å². The number of nitrogens with one attached hydrogen (secondary N) is 1. The molecule has 1 heterocycles. The van der Waals surface area contributed by atoms with Gasteiger partial charge in [0.2, 0.25) is 5.89 Å². The minimum Gasteiger partial charge on any atom is -0.340 e. The van der Waals surface area contributed by atoms with Gasteiger partial charge in [-0.2, -0.15) is 4.98 Å². The smallest absolute Gasteiger partial charge is 0.223 e. The van der Waals surface area contributed by atoms with Crippen LogP contribution in [0, 0.1) is 19.7 Å². The number of rotatable bonds is 4. The Kier molecular flexibility index (Phi) is 3.49. The van der Waals surface area contributed by atoms with E-state index >= 15 is 0 Å². The van der Waals surface area contributed by atoms with Crippen molar-refractivity contribution in [2.45, 2.75) is 26.9 Å². The number of aryl methyl sites for hydroxylation is 2. The summed E-state index contributed by atoms with van der Waals surface area (Å²) in [5, 5.41) is 6.91. The first kappa shape index (κ1) is 11.7. The molecule has 17 heavy (non-hydrogen) atoms. The normalized spacial score (nSPS) is 10.8. The Balaban J connectivity index is 1.91. The van der Waals surface area contributed by atoms with Crippen molar-refractivity contribution in [3.63, 3.8) is 0 Å². The average molecular weight is 235 g/mol. The van der Waals surface area contributed by atoms with Gasteiger partial charge in [0.05, 0.1) is 6.54 Å². The molecule has 5 heteroatoms. The molecular formula is C12H14FN3O. The zero-order valence-corrected chi connectivity index (χ0v) is 9.83. The molecular weight excluding hydrogens is 221 g/mol. The second kappa shape index (κ2) is 5.05. The number of hydrogen-bond donors (Lipinski definition) is 1. The molecule has 0 amide bonds. The van der Waals surface area contributed by atoms with Crippen molar-refractivity contribution in [3.8, 4) is 0 Å². The van der Waals surface area contributed by atoms with Crippen molar-refractivity contribution in [2.24, 2.45) is 0 Å². The summed E-state index contributed by atoms with van der Waals surface area (Å²) < 4.78 is 17.9. The van der Waals surface area contributed by atoms with E-state index in [1.165, 1.54) is 12.1 Å². The van der Waals surface area contributed by atoms with Crippen molar-refractivity contribution >= 4 is 0 Å². The molecule has 0 radical (unpaired) electrons. The van der Waals surface area contributed by atoms with Crippen LogP contribution in [0.15, 0.2) is 22.7 Å². The number of aromatic nitrogens is 2. The van der Waals surface area contributed by atoms with E-state index in [-0.39, 0.29) is 5.82 Å². The summed E-state index contributed by atoms with van der Waals surface area (Å²) in [6, 6.07) is 4.76. The Hall–Kier alpha value is -1.75. The van der Waals surface area contributed by atoms with Crippen LogP contribution in [0.25, 0.3) is 0 Å². The molecule has 1 N–H and O–H groups in total. The van der Waals surface area contributed by atoms with E-state index < -0.39 is 0 Å². The van der Waals surface area contributed by atoms with Crippen LogP contribution < -0.4 is 5.32 Å². The Labute approximate surface area is 98.8 Å². The third kappa shape index (κ3) is 3.10. The van der Waals surface area contributed by atoms with Crippen LogP contribution in [-0.4, -0.2) is 10.1 Å². The SMILES string of the molecule is Cc1nc(CNCc2cc(F)ccc2C)no1. The van der Waals surface area contributed by atoms with Crippen molar-refractivity contribution in [3.05, 3.63) is 46.9 Å². The summed E-state index contributed by atoms with van der Waals surface area (Å²) in [5.74, 6) is 0.933. The fourth-order valence-electron chi connectivity index (χ4n) is 1.55. The second-order valence-electron chi connectivity index (χ2n) is 3.90. The van der Waals surface area contributed by atoms with Crippen molar-refractivity contribution < 1.29 is 8.91 Å². The van der Waals surface area contributed by atoms with E-state index in [4.69, 9.17) is 4.52 Å². The molecule has 0 aliphatic heterocycles. The monoisotopic (exact) mass is 235 g/mol. The van der Waals surface area contributed by atoms with Gasteiger partial charge in [-0.05, 0) is 30.2 Å². The van der Waals surface area contributed by atoms with Crippen LogP contribution in [-0.2, 0) is 13.1 Å². The van der Waals surface area contributed by atoms with Crippen molar-refractivity contribution in [2.75, 3.05) is 0 Å². The third-order valence-corrected chi connectivity index (χ3v) is 2.48. The quantitative estimate of drug-likeness (QED) is 0.881. The zero-order valence-electron chi connectivity index (χ0n) is 9.83. The van der Waals surface area contributed by atoms with Crippen LogP contribution >= 0.6 is 0 Å². The van der Waals surface area contributed by atoms with Crippen LogP contribution in [0.3, 0.4) is 0 Å². The summed E-state index contributed by atoms with van der Waals surface area (Å²) in [6.07, 6.45) is 0. The lowest BCUT2D eigenvalue weighted by Gasteiger charge is -2.06. The molecule has 1 aromatic carbocycles. The standard InChI is InChI=1S/C12H14FN3O/c1-8-3-4-11(13)5-10(8)6-14-7-12-15-9(2)17-16-12/h3-5,14H,6-7H2,1-2H3. The highest BCUT2D eigenvalue weighted by atomic mass is 19.1. The number of halogens is 1. The molecule has 0 saturated heterocycles. The predicted octanol–water partition coefficient (Wildman–Crippen LogP) is 2.12. The molecule has 4 nitrogen and oxygen atoms in total. The number of benzene rings is 1. The molecule has 0 unspecified atom stereocenters. The second-order valence-corrected chi connectivity index (χ2v) is 3.90. The minimum atomic E-state index is -0.220. The first-order chi connectivity index (χ1) is 8.15. The van der Waals surface area contributed by atoms with E-state index in [9.17, 15) is 4.39 Å². The van der Waals surface area contributed by atoms with Crippen molar-refractivity contribution in [1.82, 2.24) is 15.5 Å². The fourth-order valence-corrected chi connectivity index (χ4v) is 1.55. The summed E-state index contributed by atoms with van der Waals surface area (Å²) in [5.41, 5.74) is 1.99. The first-order valence-electron chi connectivity index (χ1n) is 5.40. The topological polar surface area (TPSA) is 51.0 Å². The summed E-state index contributed by atoms with van der Waals surface area (Å²) in [7, 11) is 0. The maximum absolute atomic E-state index is 13.0. The van der Waals surface area contributed by atoms with Gasteiger partial charge >= 0.3 is 0 Å². The van der Waals surface area contributed by atoms with Crippen LogP contribution in [0.1, 0.15) is 22.8 Å². The number of nitrogens with zero attached hydrogens (tertiary/aromatic N) is 2. The van der Waals surface area contributed by atoms with Gasteiger partial charge in [0.1, 0.15) is 5.82 Å². The largest absolute Gasteiger partial charge is 0.340 e. The fraction of sp³-hybridized carbons (Fsp3) is 0.333. The lowest BCUT2D eigenvalue weighted by Crippen LogP contribution is -2.14. The van der Waals surface area contributed by atoms with Crippen molar-refractivity contribution in [1.29, 1.82) is 0 Å². The molecule has 2 aromatic rings. The van der Waals surface area contributed by atoms with E-state index in [1.807, 2.05) is 6.92 Å². The van der Waals surface area contributed by atoms with E-state index in [2.05, 4.69) is 15.5 Å². The van der Waals surface area contributed by atoms with Gasteiger partial charge in [-0.15, -0.1) is 0 Å². The molecule has 0 aliphatic carbocycles. The molecule has 0 bridgehead atoms. The Bertz CT molecular complexity index is 510. The highest BCUT2D eigenvalue weighted by Crippen LogP contribution is 2.09. The summed E-state index contributed by atoms with van der Waals surface area (Å²) in [4.78, 5) is 4.07. The van der Waals surface area contributed by atoms with Crippen LogP contribution in [0.5, 0.6) is 0 Å². The molecule has 0 saturated carbocycles.